The highest BCUT2D eigenvalue weighted by atomic mass is 32.2. The normalized spacial score (nSPS) is 14.9. The Labute approximate surface area is 129 Å². The number of nitrogens with two attached hydrogens (primary N) is 1. The van der Waals surface area contributed by atoms with Gasteiger partial charge in [-0.05, 0) is 38.5 Å². The van der Waals surface area contributed by atoms with Crippen molar-refractivity contribution in [3.05, 3.63) is 45.9 Å². The molecule has 1 aromatic heterocycles. The van der Waals surface area contributed by atoms with Crippen LogP contribution in [0.4, 0.5) is 0 Å². The molecule has 1 heterocycles. The Morgan fingerprint density at radius 2 is 1.81 bits per heavy atom. The quantitative estimate of drug-likeness (QED) is 0.884. The molecule has 3 N–H and O–H groups in total. The van der Waals surface area contributed by atoms with Crippen LogP contribution in [0.25, 0.3) is 0 Å². The van der Waals surface area contributed by atoms with Gasteiger partial charge in [-0.15, -0.1) is 11.3 Å². The van der Waals surface area contributed by atoms with Crippen molar-refractivity contribution in [2.45, 2.75) is 37.8 Å². The van der Waals surface area contributed by atoms with Gasteiger partial charge >= 0.3 is 0 Å². The lowest BCUT2D eigenvalue weighted by Gasteiger charge is -2.19. The Morgan fingerprint density at radius 1 is 1.19 bits per heavy atom. The number of thiazole rings is 1. The lowest BCUT2D eigenvalue weighted by molar-refractivity contribution is 0.493. The Kier molecular flexibility index (Phi) is 4.77. The van der Waals surface area contributed by atoms with Gasteiger partial charge in [0.1, 0.15) is 5.01 Å². The number of sulfonamides is 1. The SMILES string of the molecule is Cc1cnc(C(C)NC(C)c2ccc(S(N)(=O)=O)cc2)s1. The number of nitrogens with one attached hydrogen (secondary N) is 1. The average Bonchev–Trinajstić information content (AvgIpc) is 2.84. The highest BCUT2D eigenvalue weighted by Gasteiger charge is 2.14. The number of hydrogen-bond donors (Lipinski definition) is 2. The van der Waals surface area contributed by atoms with Crippen molar-refractivity contribution in [2.75, 3.05) is 0 Å². The van der Waals surface area contributed by atoms with Gasteiger partial charge in [-0.25, -0.2) is 18.5 Å². The zero-order valence-corrected chi connectivity index (χ0v) is 13.8. The molecule has 2 aromatic rings. The summed E-state index contributed by atoms with van der Waals surface area (Å²) in [5.41, 5.74) is 1.00. The average molecular weight is 325 g/mol. The van der Waals surface area contributed by atoms with E-state index in [0.29, 0.717) is 0 Å². The van der Waals surface area contributed by atoms with Gasteiger partial charge in [-0.3, -0.25) is 0 Å². The van der Waals surface area contributed by atoms with Crippen LogP contribution in [0.5, 0.6) is 0 Å². The fourth-order valence-corrected chi connectivity index (χ4v) is 3.36. The first kappa shape index (κ1) is 16.1. The van der Waals surface area contributed by atoms with Crippen LogP contribution in [0, 0.1) is 6.92 Å². The highest BCUT2D eigenvalue weighted by molar-refractivity contribution is 7.89. The number of hydrogen-bond acceptors (Lipinski definition) is 5. The predicted molar refractivity (Wildman–Crippen MR) is 84.6 cm³/mol. The van der Waals surface area contributed by atoms with Gasteiger partial charge in [0, 0.05) is 17.1 Å². The topological polar surface area (TPSA) is 85.1 Å². The molecule has 0 aliphatic heterocycles. The van der Waals surface area contributed by atoms with E-state index in [9.17, 15) is 8.42 Å². The monoisotopic (exact) mass is 325 g/mol. The highest BCUT2D eigenvalue weighted by Crippen LogP contribution is 2.23. The standard InChI is InChI=1S/C14H19N3O2S2/c1-9-8-16-14(20-9)11(3)17-10(2)12-4-6-13(7-5-12)21(15,18)19/h4-8,10-11,17H,1-3H3,(H2,15,18,19). The fourth-order valence-electron chi connectivity index (χ4n) is 2.06. The first-order chi connectivity index (χ1) is 9.77. The van der Waals surface area contributed by atoms with E-state index in [2.05, 4.69) is 17.2 Å². The fraction of sp³-hybridized carbons (Fsp3) is 0.357. The Hall–Kier alpha value is -1.28. The van der Waals surface area contributed by atoms with E-state index < -0.39 is 10.0 Å². The minimum atomic E-state index is -3.64. The predicted octanol–water partition coefficient (Wildman–Crippen LogP) is 2.51. The number of aromatic nitrogens is 1. The maximum absolute atomic E-state index is 11.2. The minimum Gasteiger partial charge on any atom is -0.302 e. The second-order valence-corrected chi connectivity index (χ2v) is 7.86. The maximum atomic E-state index is 11.2. The van der Waals surface area contributed by atoms with Crippen LogP contribution in [-0.4, -0.2) is 13.4 Å². The molecule has 114 valence electrons. The second kappa shape index (κ2) is 6.23. The molecule has 7 heteroatoms. The van der Waals surface area contributed by atoms with Crippen molar-refractivity contribution in [1.29, 1.82) is 0 Å². The van der Waals surface area contributed by atoms with Crippen molar-refractivity contribution in [3.8, 4) is 0 Å². The van der Waals surface area contributed by atoms with Crippen LogP contribution >= 0.6 is 11.3 Å². The molecule has 5 nitrogen and oxygen atoms in total. The summed E-state index contributed by atoms with van der Waals surface area (Å²) in [6.45, 7) is 6.12. The van der Waals surface area contributed by atoms with Gasteiger partial charge < -0.3 is 5.32 Å². The third kappa shape index (κ3) is 4.10. The molecule has 21 heavy (non-hydrogen) atoms. The number of primary sulfonamides is 1. The van der Waals surface area contributed by atoms with E-state index in [1.807, 2.05) is 20.0 Å². The molecular formula is C14H19N3O2S2. The minimum absolute atomic E-state index is 0.0822. The maximum Gasteiger partial charge on any atom is 0.238 e. The van der Waals surface area contributed by atoms with Crippen LogP contribution in [0.1, 0.15) is 41.4 Å². The zero-order chi connectivity index (χ0) is 15.6. The lowest BCUT2D eigenvalue weighted by Crippen LogP contribution is -2.22. The molecule has 0 aliphatic carbocycles. The summed E-state index contributed by atoms with van der Waals surface area (Å²) in [6, 6.07) is 6.83. The summed E-state index contributed by atoms with van der Waals surface area (Å²) >= 11 is 1.67. The van der Waals surface area contributed by atoms with Gasteiger partial charge in [0.05, 0.1) is 10.9 Å². The van der Waals surface area contributed by atoms with Crippen molar-refractivity contribution < 1.29 is 8.42 Å². The third-order valence-electron chi connectivity index (χ3n) is 3.22. The molecule has 1 aromatic carbocycles. The Balaban J connectivity index is 2.08. The summed E-state index contributed by atoms with van der Waals surface area (Å²) in [5.74, 6) is 0. The first-order valence-corrected chi connectivity index (χ1v) is 8.95. The molecular weight excluding hydrogens is 306 g/mol. The molecule has 0 fully saturated rings. The van der Waals surface area contributed by atoms with E-state index in [1.165, 1.54) is 17.0 Å². The molecule has 2 rings (SSSR count). The van der Waals surface area contributed by atoms with Crippen molar-refractivity contribution in [2.24, 2.45) is 5.14 Å². The van der Waals surface area contributed by atoms with Crippen LogP contribution < -0.4 is 10.5 Å². The molecule has 2 unspecified atom stereocenters. The summed E-state index contributed by atoms with van der Waals surface area (Å²) in [4.78, 5) is 5.68. The van der Waals surface area contributed by atoms with Crippen molar-refractivity contribution in [1.82, 2.24) is 10.3 Å². The number of nitrogens with zero attached hydrogens (tertiary/aromatic N) is 1. The van der Waals surface area contributed by atoms with Crippen molar-refractivity contribution >= 4 is 21.4 Å². The summed E-state index contributed by atoms with van der Waals surface area (Å²) in [6.07, 6.45) is 1.86. The molecule has 0 saturated carbocycles. The van der Waals surface area contributed by atoms with Crippen LogP contribution in [0.3, 0.4) is 0 Å². The molecule has 0 spiro atoms. The largest absolute Gasteiger partial charge is 0.302 e. The zero-order valence-electron chi connectivity index (χ0n) is 12.2. The summed E-state index contributed by atoms with van der Waals surface area (Å²) in [7, 11) is -3.64. The number of rotatable bonds is 5. The van der Waals surface area contributed by atoms with Gasteiger partial charge in [0.2, 0.25) is 10.0 Å². The molecule has 0 radical (unpaired) electrons. The molecule has 0 saturated heterocycles. The molecule has 0 aliphatic rings. The van der Waals surface area contributed by atoms with Gasteiger partial charge in [-0.1, -0.05) is 12.1 Å². The van der Waals surface area contributed by atoms with E-state index in [1.54, 1.807) is 23.5 Å². The van der Waals surface area contributed by atoms with E-state index in [0.717, 1.165) is 10.6 Å². The lowest BCUT2D eigenvalue weighted by atomic mass is 10.1. The van der Waals surface area contributed by atoms with E-state index in [-0.39, 0.29) is 17.0 Å². The van der Waals surface area contributed by atoms with Crippen LogP contribution in [0.2, 0.25) is 0 Å². The van der Waals surface area contributed by atoms with Crippen LogP contribution in [-0.2, 0) is 10.0 Å². The number of aryl methyl sites for hydroxylation is 1. The van der Waals surface area contributed by atoms with E-state index >= 15 is 0 Å². The van der Waals surface area contributed by atoms with Gasteiger partial charge in [-0.2, -0.15) is 0 Å². The van der Waals surface area contributed by atoms with Crippen molar-refractivity contribution in [3.63, 3.8) is 0 Å². The Morgan fingerprint density at radius 3 is 2.29 bits per heavy atom. The second-order valence-electron chi connectivity index (χ2n) is 5.03. The van der Waals surface area contributed by atoms with Crippen LogP contribution in [0.15, 0.2) is 35.4 Å². The summed E-state index contributed by atoms with van der Waals surface area (Å²) < 4.78 is 22.5. The van der Waals surface area contributed by atoms with E-state index in [4.69, 9.17) is 5.14 Å². The third-order valence-corrected chi connectivity index (χ3v) is 5.24. The summed E-state index contributed by atoms with van der Waals surface area (Å²) in [5, 5.41) is 9.59. The van der Waals surface area contributed by atoms with Gasteiger partial charge in [0.25, 0.3) is 0 Å². The molecule has 0 bridgehead atoms. The molecule has 2 atom stereocenters. The first-order valence-electron chi connectivity index (χ1n) is 6.58. The van der Waals surface area contributed by atoms with Gasteiger partial charge in [0.15, 0.2) is 0 Å². The Bertz CT molecular complexity index is 708. The number of benzene rings is 1. The molecule has 0 amide bonds. The smallest absolute Gasteiger partial charge is 0.238 e.